The monoisotopic (exact) mass is 577 g/mol. The molecule has 1 spiro atoms. The number of H-pyrrole nitrogens is 1. The fourth-order valence-corrected chi connectivity index (χ4v) is 6.32. The van der Waals surface area contributed by atoms with Crippen molar-refractivity contribution in [2.45, 2.75) is 84.5 Å². The molecule has 1 atom stereocenters. The van der Waals surface area contributed by atoms with Gasteiger partial charge in [-0.05, 0) is 73.3 Å². The zero-order chi connectivity index (χ0) is 30.1. The first kappa shape index (κ1) is 29.5. The highest BCUT2D eigenvalue weighted by Gasteiger charge is 2.52. The zero-order valence-corrected chi connectivity index (χ0v) is 24.5. The lowest BCUT2D eigenvalue weighted by atomic mass is 9.69. The van der Waals surface area contributed by atoms with Gasteiger partial charge in [0.25, 0.3) is 11.8 Å². The topological polar surface area (TPSA) is 116 Å². The van der Waals surface area contributed by atoms with Crippen LogP contribution in [-0.4, -0.2) is 48.7 Å². The van der Waals surface area contributed by atoms with E-state index in [9.17, 15) is 18.4 Å². The highest BCUT2D eigenvalue weighted by molar-refractivity contribution is 6.46. The molecule has 1 aromatic heterocycles. The number of carbonyl (C=O) groups excluding carboxylic acids is 2. The maximum absolute atomic E-state index is 14.2. The first-order chi connectivity index (χ1) is 20.0. The number of carbonyl (C=O) groups is 2. The second-order valence-corrected chi connectivity index (χ2v) is 12.4. The summed E-state index contributed by atoms with van der Waals surface area (Å²) in [6, 6.07) is 10.0. The van der Waals surface area contributed by atoms with E-state index in [1.807, 2.05) is 17.0 Å². The third-order valence-corrected chi connectivity index (χ3v) is 8.56. The molecule has 2 heterocycles. The maximum atomic E-state index is 14.2. The molecule has 42 heavy (non-hydrogen) atoms. The number of aliphatic imine (C=N–C) groups is 1. The first-order valence-electron chi connectivity index (χ1n) is 14.5. The number of hydrogen-bond donors (Lipinski definition) is 2. The molecule has 1 unspecified atom stereocenters. The van der Waals surface area contributed by atoms with E-state index in [2.05, 4.69) is 53.6 Å². The van der Waals surface area contributed by atoms with Gasteiger partial charge in [0.05, 0.1) is 12.6 Å². The number of tetrazole rings is 1. The van der Waals surface area contributed by atoms with E-state index in [1.165, 1.54) is 12.1 Å². The van der Waals surface area contributed by atoms with Crippen LogP contribution in [-0.2, 0) is 11.3 Å². The van der Waals surface area contributed by atoms with Crippen LogP contribution in [0.25, 0.3) is 0 Å². The number of rotatable bonds is 8. The molecule has 1 aliphatic heterocycles. The third kappa shape index (κ3) is 5.96. The van der Waals surface area contributed by atoms with Gasteiger partial charge in [-0.25, -0.2) is 8.78 Å². The minimum atomic E-state index is -0.808. The van der Waals surface area contributed by atoms with Crippen molar-refractivity contribution in [3.8, 4) is 0 Å². The molecule has 1 aliphatic carbocycles. The first-order valence-corrected chi connectivity index (χ1v) is 14.5. The van der Waals surface area contributed by atoms with Gasteiger partial charge in [0.15, 0.2) is 5.82 Å². The Morgan fingerprint density at radius 1 is 1.12 bits per heavy atom. The molecule has 0 radical (unpaired) electrons. The van der Waals surface area contributed by atoms with E-state index in [0.29, 0.717) is 36.6 Å². The quantitative estimate of drug-likeness (QED) is 0.366. The molecule has 222 valence electrons. The number of halogens is 2. The van der Waals surface area contributed by atoms with Crippen molar-refractivity contribution in [1.82, 2.24) is 30.8 Å². The second kappa shape index (κ2) is 11.7. The van der Waals surface area contributed by atoms with Crippen molar-refractivity contribution < 1.29 is 18.4 Å². The molecule has 1 saturated carbocycles. The summed E-state index contributed by atoms with van der Waals surface area (Å²) in [6.45, 7) is 8.89. The summed E-state index contributed by atoms with van der Waals surface area (Å²) in [6.07, 6.45) is 4.57. The largest absolute Gasteiger partial charge is 0.345 e. The lowest BCUT2D eigenvalue weighted by molar-refractivity contribution is -0.133. The summed E-state index contributed by atoms with van der Waals surface area (Å²) in [4.78, 5) is 33.8. The fraction of sp³-hybridized carbons (Fsp3) is 0.484. The minimum Gasteiger partial charge on any atom is -0.345 e. The maximum Gasteiger partial charge on any atom is 0.275 e. The Labute approximate surface area is 244 Å². The average molecular weight is 578 g/mol. The molecule has 9 nitrogen and oxygen atoms in total. The van der Waals surface area contributed by atoms with E-state index in [0.717, 1.165) is 30.9 Å². The Kier molecular flexibility index (Phi) is 8.21. The van der Waals surface area contributed by atoms with Gasteiger partial charge in [-0.1, -0.05) is 51.5 Å². The van der Waals surface area contributed by atoms with E-state index in [-0.39, 0.29) is 41.1 Å². The Balaban J connectivity index is 1.47. The number of nitrogens with one attached hydrogen (secondary N) is 2. The number of nitrogens with zero attached hydrogens (tertiary/aromatic N) is 5. The number of aromatic amines is 1. The summed E-state index contributed by atoms with van der Waals surface area (Å²) >= 11 is 0. The lowest BCUT2D eigenvalue weighted by Gasteiger charge is -2.47. The summed E-state index contributed by atoms with van der Waals surface area (Å²) in [5.41, 5.74) is 0.896. The van der Waals surface area contributed by atoms with E-state index in [4.69, 9.17) is 4.99 Å². The smallest absolute Gasteiger partial charge is 0.275 e. The van der Waals surface area contributed by atoms with Gasteiger partial charge in [-0.15, -0.1) is 10.2 Å². The van der Waals surface area contributed by atoms with Gasteiger partial charge in [0, 0.05) is 17.2 Å². The molecular weight excluding hydrogens is 540 g/mol. The number of hydrogen-bond acceptors (Lipinski definition) is 6. The molecule has 0 bridgehead atoms. The van der Waals surface area contributed by atoms with Crippen LogP contribution in [0.4, 0.5) is 8.78 Å². The van der Waals surface area contributed by atoms with Crippen LogP contribution < -0.4 is 5.32 Å². The summed E-state index contributed by atoms with van der Waals surface area (Å²) in [5, 5.41) is 16.3. The molecule has 2 amide bonds. The average Bonchev–Trinajstić information content (AvgIpc) is 3.56. The van der Waals surface area contributed by atoms with Crippen LogP contribution in [0.15, 0.2) is 47.5 Å². The zero-order valence-electron chi connectivity index (χ0n) is 24.5. The third-order valence-electron chi connectivity index (χ3n) is 8.56. The normalized spacial score (nSPS) is 21.5. The molecule has 11 heteroatoms. The molecule has 0 saturated heterocycles. The van der Waals surface area contributed by atoms with Gasteiger partial charge >= 0.3 is 0 Å². The van der Waals surface area contributed by atoms with Crippen molar-refractivity contribution >= 4 is 17.5 Å². The summed E-state index contributed by atoms with van der Waals surface area (Å²) in [5.74, 6) is -1.26. The Bertz CT molecular complexity index is 1440. The van der Waals surface area contributed by atoms with Crippen LogP contribution in [0.5, 0.6) is 0 Å². The lowest BCUT2D eigenvalue weighted by Crippen LogP contribution is -2.51. The molecule has 5 rings (SSSR count). The van der Waals surface area contributed by atoms with Crippen LogP contribution in [0.2, 0.25) is 0 Å². The van der Waals surface area contributed by atoms with Crippen molar-refractivity contribution in [2.24, 2.45) is 16.3 Å². The van der Waals surface area contributed by atoms with Crippen molar-refractivity contribution in [2.75, 3.05) is 0 Å². The molecule has 2 aliphatic rings. The van der Waals surface area contributed by atoms with Gasteiger partial charge < -0.3 is 10.2 Å². The SMILES string of the molecule is CCCC(c1ccc(C(=O)NCc2nn[nH]n2)cc1)N1C(=O)C(c2cc(F)cc(F)c2)=NC12CCC(C(C)(C)C)CC2. The van der Waals surface area contributed by atoms with Gasteiger partial charge in [0.2, 0.25) is 0 Å². The van der Waals surface area contributed by atoms with Crippen LogP contribution >= 0.6 is 0 Å². The number of benzene rings is 2. The highest BCUT2D eigenvalue weighted by Crippen LogP contribution is 2.49. The Morgan fingerprint density at radius 2 is 1.79 bits per heavy atom. The van der Waals surface area contributed by atoms with Crippen molar-refractivity contribution in [1.29, 1.82) is 0 Å². The molecule has 1 fully saturated rings. The predicted octanol–water partition coefficient (Wildman–Crippen LogP) is 5.51. The predicted molar refractivity (Wildman–Crippen MR) is 153 cm³/mol. The molecule has 2 N–H and O–H groups in total. The van der Waals surface area contributed by atoms with Crippen molar-refractivity contribution in [3.05, 3.63) is 76.6 Å². The van der Waals surface area contributed by atoms with E-state index in [1.54, 1.807) is 12.1 Å². The summed E-state index contributed by atoms with van der Waals surface area (Å²) in [7, 11) is 0. The second-order valence-electron chi connectivity index (χ2n) is 12.4. The fourth-order valence-electron chi connectivity index (χ4n) is 6.32. The molecule has 3 aromatic rings. The van der Waals surface area contributed by atoms with Gasteiger partial charge in [0.1, 0.15) is 23.0 Å². The van der Waals surface area contributed by atoms with Crippen LogP contribution in [0.3, 0.4) is 0 Å². The standard InChI is InChI=1S/C31H37F2N7O2/c1-5-6-25(19-7-9-20(10-8-19)28(41)34-18-26-36-38-39-37-26)40-29(42)27(21-15-23(32)17-24(33)16-21)35-31(40)13-11-22(12-14-31)30(2,3)4/h7-10,15-17,22,25H,5-6,11-14,18H2,1-4H3,(H,34,41)(H,36,37,38,39). The van der Waals surface area contributed by atoms with E-state index >= 15 is 0 Å². The van der Waals surface area contributed by atoms with Gasteiger partial charge in [-0.3, -0.25) is 14.6 Å². The molecular formula is C31H37F2N7O2. The minimum absolute atomic E-state index is 0.0983. The van der Waals surface area contributed by atoms with Crippen LogP contribution in [0.1, 0.15) is 99.6 Å². The molecule has 2 aromatic carbocycles. The van der Waals surface area contributed by atoms with Crippen LogP contribution in [0, 0.1) is 23.0 Å². The number of aromatic nitrogens is 4. The Hall–Kier alpha value is -4.02. The summed E-state index contributed by atoms with van der Waals surface area (Å²) < 4.78 is 28.5. The highest BCUT2D eigenvalue weighted by atomic mass is 19.1. The van der Waals surface area contributed by atoms with Crippen molar-refractivity contribution in [3.63, 3.8) is 0 Å². The van der Waals surface area contributed by atoms with Gasteiger partial charge in [-0.2, -0.15) is 5.21 Å². The Morgan fingerprint density at radius 3 is 2.36 bits per heavy atom. The van der Waals surface area contributed by atoms with E-state index < -0.39 is 17.3 Å². The number of amides is 2.